The summed E-state index contributed by atoms with van der Waals surface area (Å²) in [5.74, 6) is -0.821. The highest BCUT2D eigenvalue weighted by atomic mass is 79.9. The zero-order chi connectivity index (χ0) is 13.0. The minimum atomic E-state index is -0.821. The van der Waals surface area contributed by atoms with Crippen molar-refractivity contribution in [3.63, 3.8) is 0 Å². The van der Waals surface area contributed by atoms with Gasteiger partial charge in [-0.25, -0.2) is 0 Å². The number of carboxylic acids is 1. The molecule has 0 saturated carbocycles. The number of carboxylic acid groups (broad SMARTS) is 1. The van der Waals surface area contributed by atoms with Gasteiger partial charge >= 0.3 is 5.97 Å². The van der Waals surface area contributed by atoms with Crippen molar-refractivity contribution in [1.82, 2.24) is 5.32 Å². The van der Waals surface area contributed by atoms with Crippen LogP contribution < -0.4 is 5.32 Å². The fourth-order valence-electron chi connectivity index (χ4n) is 1.64. The molecule has 0 amide bonds. The summed E-state index contributed by atoms with van der Waals surface area (Å²) in [5.41, 5.74) is 1.97. The Morgan fingerprint density at radius 2 is 2.39 bits per heavy atom. The number of hydrogen-bond acceptors (Lipinski definition) is 4. The van der Waals surface area contributed by atoms with E-state index < -0.39 is 5.97 Å². The van der Waals surface area contributed by atoms with E-state index in [0.717, 1.165) is 15.6 Å². The topological polar surface area (TPSA) is 62.5 Å². The van der Waals surface area contributed by atoms with Crippen LogP contribution in [-0.4, -0.2) is 11.1 Å². The minimum Gasteiger partial charge on any atom is -0.481 e. The monoisotopic (exact) mass is 329 g/mol. The SMILES string of the molecule is O=C(O)CC(NCc1ccoc1)c1cscc1Br. The second kappa shape index (κ2) is 6.17. The van der Waals surface area contributed by atoms with Gasteiger partial charge in [0.1, 0.15) is 0 Å². The van der Waals surface area contributed by atoms with Gasteiger partial charge in [0.25, 0.3) is 0 Å². The molecule has 2 aromatic rings. The molecule has 0 aliphatic heterocycles. The van der Waals surface area contributed by atoms with Gasteiger partial charge in [0.05, 0.1) is 18.9 Å². The van der Waals surface area contributed by atoms with Crippen molar-refractivity contribution < 1.29 is 14.3 Å². The third kappa shape index (κ3) is 3.44. The second-order valence-corrected chi connectivity index (χ2v) is 5.44. The van der Waals surface area contributed by atoms with Crippen LogP contribution in [0, 0.1) is 0 Å². The molecule has 2 aromatic heterocycles. The van der Waals surface area contributed by atoms with Crippen molar-refractivity contribution in [2.24, 2.45) is 0 Å². The third-order valence-electron chi connectivity index (χ3n) is 2.53. The minimum absolute atomic E-state index is 0.0488. The summed E-state index contributed by atoms with van der Waals surface area (Å²) in [6.07, 6.45) is 3.30. The predicted octanol–water partition coefficient (Wildman–Crippen LogP) is 3.41. The molecular formula is C12H12BrNO3S. The van der Waals surface area contributed by atoms with Gasteiger partial charge in [0.2, 0.25) is 0 Å². The Kier molecular flexibility index (Phi) is 4.57. The molecule has 18 heavy (non-hydrogen) atoms. The zero-order valence-corrected chi connectivity index (χ0v) is 11.8. The molecule has 6 heteroatoms. The van der Waals surface area contributed by atoms with E-state index in [0.29, 0.717) is 6.54 Å². The Morgan fingerprint density at radius 3 is 2.94 bits per heavy atom. The number of hydrogen-bond donors (Lipinski definition) is 2. The van der Waals surface area contributed by atoms with Gasteiger partial charge in [-0.15, -0.1) is 0 Å². The van der Waals surface area contributed by atoms with E-state index in [1.165, 1.54) is 0 Å². The van der Waals surface area contributed by atoms with Gasteiger partial charge in [-0.2, -0.15) is 11.3 Å². The number of halogens is 1. The molecule has 0 aliphatic rings. The summed E-state index contributed by atoms with van der Waals surface area (Å²) >= 11 is 4.98. The first-order valence-electron chi connectivity index (χ1n) is 5.34. The lowest BCUT2D eigenvalue weighted by Crippen LogP contribution is -2.23. The molecule has 2 N–H and O–H groups in total. The van der Waals surface area contributed by atoms with Crippen molar-refractivity contribution in [2.45, 2.75) is 19.0 Å². The molecule has 0 aliphatic carbocycles. The molecule has 2 heterocycles. The summed E-state index contributed by atoms with van der Waals surface area (Å²) in [5, 5.41) is 16.1. The summed E-state index contributed by atoms with van der Waals surface area (Å²) in [6, 6.07) is 1.64. The molecular weight excluding hydrogens is 318 g/mol. The molecule has 0 bridgehead atoms. The fourth-order valence-corrected chi connectivity index (χ4v) is 3.27. The molecule has 2 rings (SSSR count). The van der Waals surface area contributed by atoms with Crippen LogP contribution >= 0.6 is 27.3 Å². The van der Waals surface area contributed by atoms with E-state index in [1.807, 2.05) is 16.8 Å². The summed E-state index contributed by atoms with van der Waals surface area (Å²) in [4.78, 5) is 10.9. The zero-order valence-electron chi connectivity index (χ0n) is 9.43. The maximum atomic E-state index is 10.9. The first-order valence-corrected chi connectivity index (χ1v) is 7.08. The lowest BCUT2D eigenvalue weighted by Gasteiger charge is -2.16. The van der Waals surface area contributed by atoms with Gasteiger partial charge in [0.15, 0.2) is 0 Å². The Bertz CT molecular complexity index is 509. The molecule has 96 valence electrons. The highest BCUT2D eigenvalue weighted by molar-refractivity contribution is 9.10. The standard InChI is InChI=1S/C12H12BrNO3S/c13-10-7-18-6-9(10)11(3-12(15)16)14-4-8-1-2-17-5-8/h1-2,5-7,11,14H,3-4H2,(H,15,16). The van der Waals surface area contributed by atoms with Gasteiger partial charge in [0, 0.05) is 28.0 Å². The van der Waals surface area contributed by atoms with Crippen molar-refractivity contribution in [3.05, 3.63) is 45.0 Å². The highest BCUT2D eigenvalue weighted by Gasteiger charge is 2.18. The van der Waals surface area contributed by atoms with Gasteiger partial charge < -0.3 is 14.8 Å². The van der Waals surface area contributed by atoms with Crippen LogP contribution in [0.15, 0.2) is 38.2 Å². The normalized spacial score (nSPS) is 12.5. The van der Waals surface area contributed by atoms with Gasteiger partial charge in [-0.3, -0.25) is 4.79 Å². The average Bonchev–Trinajstić information content (AvgIpc) is 2.95. The Morgan fingerprint density at radius 1 is 1.56 bits per heavy atom. The number of furan rings is 1. The van der Waals surface area contributed by atoms with Crippen LogP contribution in [0.5, 0.6) is 0 Å². The van der Waals surface area contributed by atoms with Crippen molar-refractivity contribution in [1.29, 1.82) is 0 Å². The quantitative estimate of drug-likeness (QED) is 0.852. The first-order chi connectivity index (χ1) is 8.66. The van der Waals surface area contributed by atoms with Crippen LogP contribution in [0.4, 0.5) is 0 Å². The molecule has 1 atom stereocenters. The van der Waals surface area contributed by atoms with Crippen LogP contribution in [0.3, 0.4) is 0 Å². The molecule has 0 saturated heterocycles. The van der Waals surface area contributed by atoms with Gasteiger partial charge in [-0.05, 0) is 32.9 Å². The maximum Gasteiger partial charge on any atom is 0.305 e. The van der Waals surface area contributed by atoms with E-state index in [1.54, 1.807) is 23.9 Å². The molecule has 4 nitrogen and oxygen atoms in total. The van der Waals surface area contributed by atoms with Crippen LogP contribution in [-0.2, 0) is 11.3 Å². The summed E-state index contributed by atoms with van der Waals surface area (Å²) in [6.45, 7) is 0.580. The largest absolute Gasteiger partial charge is 0.481 e. The average molecular weight is 330 g/mol. The number of thiophene rings is 1. The number of nitrogens with one attached hydrogen (secondary N) is 1. The first kappa shape index (κ1) is 13.3. The van der Waals surface area contributed by atoms with E-state index in [-0.39, 0.29) is 12.5 Å². The molecule has 0 spiro atoms. The van der Waals surface area contributed by atoms with Crippen molar-refractivity contribution in [3.8, 4) is 0 Å². The summed E-state index contributed by atoms with van der Waals surface area (Å²) in [7, 11) is 0. The van der Waals surface area contributed by atoms with E-state index >= 15 is 0 Å². The van der Waals surface area contributed by atoms with E-state index in [2.05, 4.69) is 21.2 Å². The lowest BCUT2D eigenvalue weighted by atomic mass is 10.1. The summed E-state index contributed by atoms with van der Waals surface area (Å²) < 4.78 is 5.92. The number of carbonyl (C=O) groups is 1. The molecule has 0 fully saturated rings. The maximum absolute atomic E-state index is 10.9. The van der Waals surface area contributed by atoms with Crippen molar-refractivity contribution >= 4 is 33.2 Å². The van der Waals surface area contributed by atoms with Crippen LogP contribution in [0.25, 0.3) is 0 Å². The van der Waals surface area contributed by atoms with Crippen LogP contribution in [0.1, 0.15) is 23.6 Å². The lowest BCUT2D eigenvalue weighted by molar-refractivity contribution is -0.137. The molecule has 1 unspecified atom stereocenters. The van der Waals surface area contributed by atoms with E-state index in [9.17, 15) is 4.79 Å². The molecule has 0 aromatic carbocycles. The second-order valence-electron chi connectivity index (χ2n) is 3.84. The Hall–Kier alpha value is -1.11. The Labute approximate surface area is 117 Å². The van der Waals surface area contributed by atoms with Crippen LogP contribution in [0.2, 0.25) is 0 Å². The number of aliphatic carboxylic acids is 1. The predicted molar refractivity (Wildman–Crippen MR) is 72.6 cm³/mol. The number of rotatable bonds is 6. The fraction of sp³-hybridized carbons (Fsp3) is 0.250. The van der Waals surface area contributed by atoms with E-state index in [4.69, 9.17) is 9.52 Å². The molecule has 0 radical (unpaired) electrons. The smallest absolute Gasteiger partial charge is 0.305 e. The Balaban J connectivity index is 2.06. The highest BCUT2D eigenvalue weighted by Crippen LogP contribution is 2.29. The third-order valence-corrected chi connectivity index (χ3v) is 4.28. The van der Waals surface area contributed by atoms with Crippen molar-refractivity contribution in [2.75, 3.05) is 0 Å². The van der Waals surface area contributed by atoms with Gasteiger partial charge in [-0.1, -0.05) is 0 Å².